The van der Waals surface area contributed by atoms with Gasteiger partial charge in [0.05, 0.1) is 12.5 Å². The highest BCUT2D eigenvalue weighted by atomic mass is 16.5. The molecule has 0 radical (unpaired) electrons. The van der Waals surface area contributed by atoms with Crippen molar-refractivity contribution in [1.29, 1.82) is 0 Å². The SMILES string of the molecule is COc1cccc(CC(C)(C=O)c2ccccc2)c1. The molecule has 0 spiro atoms. The van der Waals surface area contributed by atoms with Gasteiger partial charge in [-0.2, -0.15) is 0 Å². The molecule has 2 aromatic rings. The lowest BCUT2D eigenvalue weighted by Crippen LogP contribution is -2.26. The van der Waals surface area contributed by atoms with Crippen LogP contribution in [0, 0.1) is 0 Å². The molecule has 0 fully saturated rings. The summed E-state index contributed by atoms with van der Waals surface area (Å²) in [6.07, 6.45) is 1.69. The molecule has 0 saturated carbocycles. The summed E-state index contributed by atoms with van der Waals surface area (Å²) in [5.41, 5.74) is 1.62. The summed E-state index contributed by atoms with van der Waals surface area (Å²) in [5.74, 6) is 0.818. The Labute approximate surface area is 114 Å². The number of carbonyl (C=O) groups is 1. The molecule has 0 heterocycles. The van der Waals surface area contributed by atoms with Gasteiger partial charge in [0.2, 0.25) is 0 Å². The summed E-state index contributed by atoms with van der Waals surface area (Å²) >= 11 is 0. The zero-order valence-electron chi connectivity index (χ0n) is 11.3. The fraction of sp³-hybridized carbons (Fsp3) is 0.235. The van der Waals surface area contributed by atoms with Crippen LogP contribution in [-0.2, 0) is 16.6 Å². The number of methoxy groups -OCH3 is 1. The van der Waals surface area contributed by atoms with Crippen LogP contribution in [0.3, 0.4) is 0 Å². The van der Waals surface area contributed by atoms with Crippen LogP contribution in [0.2, 0.25) is 0 Å². The number of carbonyl (C=O) groups excluding carboxylic acids is 1. The van der Waals surface area contributed by atoms with E-state index in [0.717, 1.165) is 23.2 Å². The van der Waals surface area contributed by atoms with Gasteiger partial charge in [-0.15, -0.1) is 0 Å². The van der Waals surface area contributed by atoms with Gasteiger partial charge in [0.15, 0.2) is 0 Å². The van der Waals surface area contributed by atoms with Crippen LogP contribution < -0.4 is 4.74 Å². The standard InChI is InChI=1S/C17H18O2/c1-17(13-18,15-8-4-3-5-9-15)12-14-7-6-10-16(11-14)19-2/h3-11,13H,12H2,1-2H3. The highest BCUT2D eigenvalue weighted by molar-refractivity contribution is 5.68. The Balaban J connectivity index is 2.30. The summed E-state index contributed by atoms with van der Waals surface area (Å²) in [7, 11) is 1.65. The van der Waals surface area contributed by atoms with E-state index in [1.54, 1.807) is 7.11 Å². The minimum absolute atomic E-state index is 0.506. The second-order valence-corrected chi connectivity index (χ2v) is 4.93. The fourth-order valence-corrected chi connectivity index (χ4v) is 2.24. The molecule has 0 amide bonds. The van der Waals surface area contributed by atoms with E-state index in [2.05, 4.69) is 0 Å². The molecule has 1 unspecified atom stereocenters. The smallest absolute Gasteiger partial charge is 0.130 e. The van der Waals surface area contributed by atoms with E-state index in [4.69, 9.17) is 4.74 Å². The van der Waals surface area contributed by atoms with E-state index in [-0.39, 0.29) is 0 Å². The van der Waals surface area contributed by atoms with Gasteiger partial charge in [0.1, 0.15) is 12.0 Å². The quantitative estimate of drug-likeness (QED) is 0.764. The normalized spacial score (nSPS) is 13.6. The van der Waals surface area contributed by atoms with Crippen LogP contribution in [0.15, 0.2) is 54.6 Å². The maximum Gasteiger partial charge on any atom is 0.130 e. The highest BCUT2D eigenvalue weighted by Crippen LogP contribution is 2.27. The van der Waals surface area contributed by atoms with Gasteiger partial charge < -0.3 is 9.53 Å². The topological polar surface area (TPSA) is 26.3 Å². The summed E-state index contributed by atoms with van der Waals surface area (Å²) in [5, 5.41) is 0. The van der Waals surface area contributed by atoms with Crippen molar-refractivity contribution in [2.75, 3.05) is 7.11 Å². The minimum atomic E-state index is -0.506. The van der Waals surface area contributed by atoms with E-state index in [1.807, 2.05) is 61.5 Å². The predicted octanol–water partition coefficient (Wildman–Crippen LogP) is 3.39. The van der Waals surface area contributed by atoms with Gasteiger partial charge in [-0.25, -0.2) is 0 Å². The third kappa shape index (κ3) is 3.02. The van der Waals surface area contributed by atoms with E-state index >= 15 is 0 Å². The van der Waals surface area contributed by atoms with Crippen LogP contribution in [0.4, 0.5) is 0 Å². The number of benzene rings is 2. The van der Waals surface area contributed by atoms with Crippen molar-refractivity contribution in [3.8, 4) is 5.75 Å². The number of ether oxygens (including phenoxy) is 1. The molecule has 0 aromatic heterocycles. The second kappa shape index (κ2) is 5.70. The second-order valence-electron chi connectivity index (χ2n) is 4.93. The molecule has 19 heavy (non-hydrogen) atoms. The Morgan fingerprint density at radius 3 is 2.47 bits per heavy atom. The van der Waals surface area contributed by atoms with Crippen LogP contribution in [0.1, 0.15) is 18.1 Å². The molecular weight excluding hydrogens is 236 g/mol. The Morgan fingerprint density at radius 1 is 1.11 bits per heavy atom. The summed E-state index contributed by atoms with van der Waals surface area (Å²) in [6.45, 7) is 1.97. The summed E-state index contributed by atoms with van der Waals surface area (Å²) < 4.78 is 5.22. The largest absolute Gasteiger partial charge is 0.497 e. The molecule has 1 atom stereocenters. The molecule has 0 aliphatic rings. The van der Waals surface area contributed by atoms with Gasteiger partial charge in [-0.05, 0) is 36.6 Å². The third-order valence-corrected chi connectivity index (χ3v) is 3.40. The van der Waals surface area contributed by atoms with Gasteiger partial charge in [-0.1, -0.05) is 42.5 Å². The van der Waals surface area contributed by atoms with Crippen molar-refractivity contribution in [1.82, 2.24) is 0 Å². The van der Waals surface area contributed by atoms with Gasteiger partial charge >= 0.3 is 0 Å². The van der Waals surface area contributed by atoms with Crippen molar-refractivity contribution < 1.29 is 9.53 Å². The molecule has 2 nitrogen and oxygen atoms in total. The number of rotatable bonds is 5. The monoisotopic (exact) mass is 254 g/mol. The average Bonchev–Trinajstić information content (AvgIpc) is 2.48. The third-order valence-electron chi connectivity index (χ3n) is 3.40. The molecule has 0 saturated heterocycles. The number of hydrogen-bond donors (Lipinski definition) is 0. The Hall–Kier alpha value is -2.09. The minimum Gasteiger partial charge on any atom is -0.497 e. The van der Waals surface area contributed by atoms with E-state index in [0.29, 0.717) is 6.42 Å². The lowest BCUT2D eigenvalue weighted by molar-refractivity contribution is -0.112. The molecule has 0 aliphatic carbocycles. The van der Waals surface area contributed by atoms with Gasteiger partial charge in [-0.3, -0.25) is 0 Å². The maximum atomic E-state index is 11.6. The molecular formula is C17H18O2. The van der Waals surface area contributed by atoms with Gasteiger partial charge in [0.25, 0.3) is 0 Å². The lowest BCUT2D eigenvalue weighted by atomic mass is 9.78. The van der Waals surface area contributed by atoms with Crippen LogP contribution in [0.5, 0.6) is 5.75 Å². The predicted molar refractivity (Wildman–Crippen MR) is 76.6 cm³/mol. The van der Waals surface area contributed by atoms with Crippen molar-refractivity contribution in [3.63, 3.8) is 0 Å². The van der Waals surface area contributed by atoms with Crippen molar-refractivity contribution in [2.24, 2.45) is 0 Å². The Kier molecular flexibility index (Phi) is 4.00. The first-order valence-corrected chi connectivity index (χ1v) is 6.33. The van der Waals surface area contributed by atoms with Crippen molar-refractivity contribution in [3.05, 3.63) is 65.7 Å². The first-order valence-electron chi connectivity index (χ1n) is 6.33. The van der Waals surface area contributed by atoms with Crippen LogP contribution in [0.25, 0.3) is 0 Å². The van der Waals surface area contributed by atoms with Gasteiger partial charge in [0, 0.05) is 0 Å². The summed E-state index contributed by atoms with van der Waals surface area (Å²) in [6, 6.07) is 17.7. The zero-order chi connectivity index (χ0) is 13.7. The highest BCUT2D eigenvalue weighted by Gasteiger charge is 2.26. The first-order chi connectivity index (χ1) is 9.18. The van der Waals surface area contributed by atoms with E-state index < -0.39 is 5.41 Å². The molecule has 98 valence electrons. The Morgan fingerprint density at radius 2 is 1.84 bits per heavy atom. The first kappa shape index (κ1) is 13.3. The van der Waals surface area contributed by atoms with Crippen LogP contribution >= 0.6 is 0 Å². The zero-order valence-corrected chi connectivity index (χ0v) is 11.3. The van der Waals surface area contributed by atoms with Crippen molar-refractivity contribution >= 4 is 6.29 Å². The average molecular weight is 254 g/mol. The number of hydrogen-bond acceptors (Lipinski definition) is 2. The molecule has 2 rings (SSSR count). The molecule has 0 bridgehead atoms. The molecule has 0 aliphatic heterocycles. The summed E-state index contributed by atoms with van der Waals surface area (Å²) in [4.78, 5) is 11.6. The lowest BCUT2D eigenvalue weighted by Gasteiger charge is -2.24. The van der Waals surface area contributed by atoms with E-state index in [9.17, 15) is 4.79 Å². The van der Waals surface area contributed by atoms with Crippen LogP contribution in [-0.4, -0.2) is 13.4 Å². The fourth-order valence-electron chi connectivity index (χ4n) is 2.24. The van der Waals surface area contributed by atoms with Crippen molar-refractivity contribution in [2.45, 2.75) is 18.8 Å². The maximum absolute atomic E-state index is 11.6. The molecule has 0 N–H and O–H groups in total. The number of aldehydes is 1. The van der Waals surface area contributed by atoms with E-state index in [1.165, 1.54) is 0 Å². The molecule has 2 heteroatoms. The Bertz CT molecular complexity index is 548. The molecule has 2 aromatic carbocycles.